The first-order valence-electron chi connectivity index (χ1n) is 11.3. The van der Waals surface area contributed by atoms with Crippen molar-refractivity contribution in [2.75, 3.05) is 0 Å². The molecule has 0 atom stereocenters. The van der Waals surface area contributed by atoms with Crippen LogP contribution >= 0.6 is 31.9 Å². The van der Waals surface area contributed by atoms with Crippen LogP contribution in [-0.2, 0) is 0 Å². The Morgan fingerprint density at radius 1 is 0.353 bits per heavy atom. The van der Waals surface area contributed by atoms with Gasteiger partial charge in [0.2, 0.25) is 0 Å². The smallest absolute Gasteiger partial charge is 0.0254 e. The second kappa shape index (κ2) is 7.66. The summed E-state index contributed by atoms with van der Waals surface area (Å²) in [4.78, 5) is 0. The van der Waals surface area contributed by atoms with Gasteiger partial charge in [-0.15, -0.1) is 0 Å². The van der Waals surface area contributed by atoms with Crippen LogP contribution in [0.3, 0.4) is 0 Å². The first kappa shape index (κ1) is 20.2. The van der Waals surface area contributed by atoms with Gasteiger partial charge in [-0.1, -0.05) is 129 Å². The highest BCUT2D eigenvalue weighted by Crippen LogP contribution is 2.58. The topological polar surface area (TPSA) is 0 Å². The zero-order valence-electron chi connectivity index (χ0n) is 18.1. The molecule has 0 nitrogen and oxygen atoms in total. The molecular formula is C32H18Br2. The van der Waals surface area contributed by atoms with E-state index in [0.717, 1.165) is 8.95 Å². The van der Waals surface area contributed by atoms with Crippen LogP contribution in [0.1, 0.15) is 0 Å². The normalized spacial score (nSPS) is 11.8. The highest BCUT2D eigenvalue weighted by Gasteiger charge is 2.31. The van der Waals surface area contributed by atoms with Gasteiger partial charge in [-0.05, 0) is 78.2 Å². The van der Waals surface area contributed by atoms with Gasteiger partial charge in [-0.25, -0.2) is 0 Å². The number of fused-ring (bicyclic) bond motifs is 4. The largest absolute Gasteiger partial charge is 0.0616 e. The standard InChI is InChI=1S/C32H18Br2/c33-26-17-5-3-13-22(26)29-20-11-1-2-12-21(20)30(23-14-4-6-18-27(23)34)32-25-16-8-10-19-9-7-15-24(28(19)25)31(29)32/h1-18H. The molecule has 0 aliphatic heterocycles. The summed E-state index contributed by atoms with van der Waals surface area (Å²) in [5.74, 6) is 0. The lowest BCUT2D eigenvalue weighted by molar-refractivity contribution is 1.58. The van der Waals surface area contributed by atoms with E-state index in [0.29, 0.717) is 0 Å². The van der Waals surface area contributed by atoms with E-state index in [-0.39, 0.29) is 0 Å². The van der Waals surface area contributed by atoms with Gasteiger partial charge in [0.15, 0.2) is 0 Å². The number of hydrogen-bond donors (Lipinski definition) is 0. The molecule has 1 aliphatic rings. The maximum atomic E-state index is 3.87. The first-order valence-corrected chi connectivity index (χ1v) is 12.9. The highest BCUT2D eigenvalue weighted by atomic mass is 79.9. The van der Waals surface area contributed by atoms with Gasteiger partial charge in [0.1, 0.15) is 0 Å². The summed E-state index contributed by atoms with van der Waals surface area (Å²) < 4.78 is 2.22. The fourth-order valence-electron chi connectivity index (χ4n) is 5.62. The zero-order chi connectivity index (χ0) is 22.8. The summed E-state index contributed by atoms with van der Waals surface area (Å²) in [5, 5.41) is 5.16. The fraction of sp³-hybridized carbons (Fsp3) is 0. The SMILES string of the molecule is Brc1ccccc1-c1c2c(c(-c3ccccc3Br)c3ccccc13)-c1cccc3cccc-2c13. The second-order valence-electron chi connectivity index (χ2n) is 8.71. The van der Waals surface area contributed by atoms with Gasteiger partial charge in [-0.2, -0.15) is 0 Å². The Morgan fingerprint density at radius 3 is 1.24 bits per heavy atom. The van der Waals surface area contributed by atoms with Crippen molar-refractivity contribution in [3.05, 3.63) is 118 Å². The molecule has 0 heterocycles. The van der Waals surface area contributed by atoms with Crippen molar-refractivity contribution in [3.63, 3.8) is 0 Å². The molecule has 0 amide bonds. The average molecular weight is 562 g/mol. The van der Waals surface area contributed by atoms with Crippen LogP contribution in [0.15, 0.2) is 118 Å². The van der Waals surface area contributed by atoms with Crippen LogP contribution in [-0.4, -0.2) is 0 Å². The molecule has 0 aromatic heterocycles. The maximum absolute atomic E-state index is 3.87. The van der Waals surface area contributed by atoms with Gasteiger partial charge < -0.3 is 0 Å². The van der Waals surface area contributed by atoms with Crippen molar-refractivity contribution in [1.82, 2.24) is 0 Å². The minimum absolute atomic E-state index is 1.11. The Kier molecular flexibility index (Phi) is 4.55. The molecule has 0 spiro atoms. The Hall–Kier alpha value is -3.20. The van der Waals surface area contributed by atoms with Crippen LogP contribution in [0.25, 0.3) is 66.1 Å². The fourth-order valence-corrected chi connectivity index (χ4v) is 6.59. The Balaban J connectivity index is 1.79. The van der Waals surface area contributed by atoms with E-state index in [1.165, 1.54) is 66.1 Å². The molecule has 34 heavy (non-hydrogen) atoms. The predicted octanol–water partition coefficient (Wildman–Crippen LogP) is 10.5. The molecule has 0 saturated carbocycles. The lowest BCUT2D eigenvalue weighted by Gasteiger charge is -2.21. The predicted molar refractivity (Wildman–Crippen MR) is 152 cm³/mol. The zero-order valence-corrected chi connectivity index (χ0v) is 21.3. The van der Waals surface area contributed by atoms with Crippen LogP contribution < -0.4 is 0 Å². The van der Waals surface area contributed by atoms with E-state index in [4.69, 9.17) is 0 Å². The summed E-state index contributed by atoms with van der Waals surface area (Å²) in [6.45, 7) is 0. The minimum atomic E-state index is 1.11. The third-order valence-electron chi connectivity index (χ3n) is 6.95. The molecule has 0 radical (unpaired) electrons. The van der Waals surface area contributed by atoms with Gasteiger partial charge in [0.25, 0.3) is 0 Å². The third kappa shape index (κ3) is 2.76. The Labute approximate surface area is 215 Å². The molecule has 7 rings (SSSR count). The molecule has 160 valence electrons. The van der Waals surface area contributed by atoms with Gasteiger partial charge >= 0.3 is 0 Å². The Bertz CT molecular complexity index is 1650. The van der Waals surface area contributed by atoms with Crippen molar-refractivity contribution >= 4 is 53.4 Å². The monoisotopic (exact) mass is 560 g/mol. The van der Waals surface area contributed by atoms with Crippen molar-refractivity contribution in [2.45, 2.75) is 0 Å². The minimum Gasteiger partial charge on any atom is -0.0616 e. The molecule has 0 saturated heterocycles. The molecular weight excluding hydrogens is 544 g/mol. The quantitative estimate of drug-likeness (QED) is 0.197. The summed E-state index contributed by atoms with van der Waals surface area (Å²) in [7, 11) is 0. The van der Waals surface area contributed by atoms with Crippen LogP contribution in [0.4, 0.5) is 0 Å². The van der Waals surface area contributed by atoms with Crippen molar-refractivity contribution in [3.8, 4) is 44.5 Å². The highest BCUT2D eigenvalue weighted by molar-refractivity contribution is 9.11. The lowest BCUT2D eigenvalue weighted by atomic mass is 9.82. The molecule has 0 N–H and O–H groups in total. The van der Waals surface area contributed by atoms with Gasteiger partial charge in [0, 0.05) is 8.95 Å². The molecule has 6 aromatic rings. The van der Waals surface area contributed by atoms with E-state index >= 15 is 0 Å². The number of hydrogen-bond acceptors (Lipinski definition) is 0. The number of benzene rings is 6. The van der Waals surface area contributed by atoms with E-state index in [1.807, 2.05) is 0 Å². The van der Waals surface area contributed by atoms with E-state index in [1.54, 1.807) is 0 Å². The number of halogens is 2. The summed E-state index contributed by atoms with van der Waals surface area (Å²) in [5.41, 5.74) is 10.3. The molecule has 0 bridgehead atoms. The summed E-state index contributed by atoms with van der Waals surface area (Å²) in [6, 6.07) is 39.4. The first-order chi connectivity index (χ1) is 16.7. The van der Waals surface area contributed by atoms with Crippen LogP contribution in [0.5, 0.6) is 0 Å². The van der Waals surface area contributed by atoms with Crippen molar-refractivity contribution in [2.24, 2.45) is 0 Å². The molecule has 1 aliphatic carbocycles. The van der Waals surface area contributed by atoms with E-state index in [9.17, 15) is 0 Å². The number of rotatable bonds is 2. The summed E-state index contributed by atoms with van der Waals surface area (Å²) >= 11 is 7.73. The maximum Gasteiger partial charge on any atom is 0.0254 e. The second-order valence-corrected chi connectivity index (χ2v) is 10.4. The van der Waals surface area contributed by atoms with Gasteiger partial charge in [-0.3, -0.25) is 0 Å². The molecule has 0 unspecified atom stereocenters. The molecule has 2 heteroatoms. The molecule has 0 fully saturated rings. The average Bonchev–Trinajstić information content (AvgIpc) is 3.20. The molecule has 6 aromatic carbocycles. The Morgan fingerprint density at radius 2 is 0.765 bits per heavy atom. The van der Waals surface area contributed by atoms with Crippen molar-refractivity contribution < 1.29 is 0 Å². The van der Waals surface area contributed by atoms with E-state index in [2.05, 4.69) is 141 Å². The van der Waals surface area contributed by atoms with E-state index < -0.39 is 0 Å². The third-order valence-corrected chi connectivity index (χ3v) is 8.33. The summed E-state index contributed by atoms with van der Waals surface area (Å²) in [6.07, 6.45) is 0. The van der Waals surface area contributed by atoms with Crippen molar-refractivity contribution in [1.29, 1.82) is 0 Å². The van der Waals surface area contributed by atoms with Crippen LogP contribution in [0.2, 0.25) is 0 Å². The van der Waals surface area contributed by atoms with Gasteiger partial charge in [0.05, 0.1) is 0 Å². The lowest BCUT2D eigenvalue weighted by Crippen LogP contribution is -1.94. The van der Waals surface area contributed by atoms with Crippen LogP contribution in [0, 0.1) is 0 Å².